The van der Waals surface area contributed by atoms with Crippen LogP contribution in [0.5, 0.6) is 5.88 Å². The monoisotopic (exact) mass is 281 g/mol. The lowest BCUT2D eigenvalue weighted by Gasteiger charge is -2.11. The minimum absolute atomic E-state index is 0.0204. The molecule has 0 amide bonds. The van der Waals surface area contributed by atoms with E-state index < -0.39 is 0 Å². The Balaban J connectivity index is 2.22. The van der Waals surface area contributed by atoms with Gasteiger partial charge < -0.3 is 10.1 Å². The summed E-state index contributed by atoms with van der Waals surface area (Å²) < 4.78 is 18.5. The molecule has 0 bridgehead atoms. The average Bonchev–Trinajstić information content (AvgIpc) is 2.26. The quantitative estimate of drug-likeness (QED) is 0.866. The van der Waals surface area contributed by atoms with Crippen LogP contribution in [0.3, 0.4) is 0 Å². The molecule has 0 saturated carbocycles. The molecule has 6 heteroatoms. The van der Waals surface area contributed by atoms with E-state index in [9.17, 15) is 4.39 Å². The van der Waals surface area contributed by atoms with Gasteiger partial charge in [-0.1, -0.05) is 17.7 Å². The molecule has 2 aromatic rings. The first-order chi connectivity index (χ1) is 9.02. The van der Waals surface area contributed by atoms with Crippen LogP contribution in [0, 0.1) is 5.82 Å². The fourth-order valence-electron chi connectivity index (χ4n) is 1.45. The van der Waals surface area contributed by atoms with Gasteiger partial charge in [-0.3, -0.25) is 0 Å². The van der Waals surface area contributed by atoms with Gasteiger partial charge in [0, 0.05) is 11.8 Å². The minimum Gasteiger partial charge on any atom is -0.475 e. The maximum atomic E-state index is 13.1. The molecule has 0 spiro atoms. The van der Waals surface area contributed by atoms with E-state index in [0.29, 0.717) is 11.6 Å². The zero-order chi connectivity index (χ0) is 13.8. The van der Waals surface area contributed by atoms with Crippen LogP contribution in [-0.4, -0.2) is 16.1 Å². The SMILES string of the molecule is CC(C)Oc1cc(Cl)nc(Nc2cccc(F)c2)n1. The van der Waals surface area contributed by atoms with Crippen LogP contribution in [0.15, 0.2) is 30.3 Å². The van der Waals surface area contributed by atoms with E-state index in [1.807, 2.05) is 13.8 Å². The number of benzene rings is 1. The largest absolute Gasteiger partial charge is 0.475 e. The number of hydrogen-bond acceptors (Lipinski definition) is 4. The minimum atomic E-state index is -0.342. The maximum absolute atomic E-state index is 13.1. The Morgan fingerprint density at radius 3 is 2.74 bits per heavy atom. The highest BCUT2D eigenvalue weighted by molar-refractivity contribution is 6.29. The number of nitrogens with zero attached hydrogens (tertiary/aromatic N) is 2. The van der Waals surface area contributed by atoms with Crippen molar-refractivity contribution >= 4 is 23.2 Å². The second kappa shape index (κ2) is 5.84. The highest BCUT2D eigenvalue weighted by Gasteiger charge is 2.06. The number of nitrogens with one attached hydrogen (secondary N) is 1. The molecule has 1 heterocycles. The molecule has 4 nitrogen and oxygen atoms in total. The van der Waals surface area contributed by atoms with Gasteiger partial charge in [-0.05, 0) is 32.0 Å². The molecule has 1 N–H and O–H groups in total. The van der Waals surface area contributed by atoms with Gasteiger partial charge in [-0.15, -0.1) is 0 Å². The van der Waals surface area contributed by atoms with Gasteiger partial charge in [0.05, 0.1) is 6.10 Å². The van der Waals surface area contributed by atoms with Crippen LogP contribution in [-0.2, 0) is 0 Å². The van der Waals surface area contributed by atoms with Crippen LogP contribution >= 0.6 is 11.6 Å². The van der Waals surface area contributed by atoms with Gasteiger partial charge in [-0.2, -0.15) is 4.98 Å². The van der Waals surface area contributed by atoms with Gasteiger partial charge in [0.2, 0.25) is 11.8 Å². The molecule has 0 radical (unpaired) electrons. The van der Waals surface area contributed by atoms with Crippen molar-refractivity contribution in [2.24, 2.45) is 0 Å². The number of hydrogen-bond donors (Lipinski definition) is 1. The predicted molar refractivity (Wildman–Crippen MR) is 72.5 cm³/mol. The number of rotatable bonds is 4. The van der Waals surface area contributed by atoms with Crippen LogP contribution in [0.2, 0.25) is 5.15 Å². The number of aromatic nitrogens is 2. The van der Waals surface area contributed by atoms with Gasteiger partial charge in [0.1, 0.15) is 11.0 Å². The first-order valence-electron chi connectivity index (χ1n) is 5.77. The van der Waals surface area contributed by atoms with E-state index >= 15 is 0 Å². The van der Waals surface area contributed by atoms with Crippen molar-refractivity contribution in [3.63, 3.8) is 0 Å². The predicted octanol–water partition coefficient (Wildman–Crippen LogP) is 3.80. The molecule has 19 heavy (non-hydrogen) atoms. The van der Waals surface area contributed by atoms with Crippen molar-refractivity contribution in [2.45, 2.75) is 20.0 Å². The zero-order valence-corrected chi connectivity index (χ0v) is 11.3. The van der Waals surface area contributed by atoms with Crippen molar-refractivity contribution in [1.82, 2.24) is 9.97 Å². The molecular formula is C13H13ClFN3O. The molecule has 1 aromatic carbocycles. The summed E-state index contributed by atoms with van der Waals surface area (Å²) in [6.45, 7) is 3.77. The van der Waals surface area contributed by atoms with Gasteiger partial charge in [-0.25, -0.2) is 9.37 Å². The molecule has 0 atom stereocenters. The lowest BCUT2D eigenvalue weighted by atomic mass is 10.3. The zero-order valence-electron chi connectivity index (χ0n) is 10.5. The second-order valence-electron chi connectivity index (χ2n) is 4.15. The Bertz CT molecular complexity index is 578. The third kappa shape index (κ3) is 4.06. The lowest BCUT2D eigenvalue weighted by Crippen LogP contribution is -2.08. The topological polar surface area (TPSA) is 47.0 Å². The Hall–Kier alpha value is -1.88. The normalized spacial score (nSPS) is 10.6. The maximum Gasteiger partial charge on any atom is 0.231 e. The van der Waals surface area contributed by atoms with Crippen molar-refractivity contribution in [2.75, 3.05) is 5.32 Å². The van der Waals surface area contributed by atoms with Gasteiger partial charge in [0.15, 0.2) is 0 Å². The summed E-state index contributed by atoms with van der Waals surface area (Å²) in [4.78, 5) is 8.15. The molecule has 0 aliphatic heterocycles. The fraction of sp³-hybridized carbons (Fsp3) is 0.231. The molecular weight excluding hydrogens is 269 g/mol. The summed E-state index contributed by atoms with van der Waals surface area (Å²) in [7, 11) is 0. The van der Waals surface area contributed by atoms with E-state index in [-0.39, 0.29) is 23.0 Å². The summed E-state index contributed by atoms with van der Waals surface area (Å²) in [5.41, 5.74) is 0.540. The summed E-state index contributed by atoms with van der Waals surface area (Å²) in [6, 6.07) is 7.52. The highest BCUT2D eigenvalue weighted by Crippen LogP contribution is 2.20. The van der Waals surface area contributed by atoms with E-state index in [4.69, 9.17) is 16.3 Å². The first-order valence-corrected chi connectivity index (χ1v) is 6.14. The third-order valence-corrected chi connectivity index (χ3v) is 2.30. The molecule has 0 aliphatic rings. The van der Waals surface area contributed by atoms with Crippen molar-refractivity contribution in [3.8, 4) is 5.88 Å². The Morgan fingerprint density at radius 1 is 1.26 bits per heavy atom. The first kappa shape index (κ1) is 13.5. The molecule has 0 fully saturated rings. The van der Waals surface area contributed by atoms with Crippen molar-refractivity contribution in [1.29, 1.82) is 0 Å². The fourth-order valence-corrected chi connectivity index (χ4v) is 1.62. The van der Waals surface area contributed by atoms with Gasteiger partial charge in [0.25, 0.3) is 0 Å². The number of anilines is 2. The summed E-state index contributed by atoms with van der Waals surface area (Å²) >= 11 is 5.89. The molecule has 1 aromatic heterocycles. The molecule has 100 valence electrons. The number of ether oxygens (including phenoxy) is 1. The smallest absolute Gasteiger partial charge is 0.231 e. The molecule has 2 rings (SSSR count). The standard InChI is InChI=1S/C13H13ClFN3O/c1-8(2)19-12-7-11(14)17-13(18-12)16-10-5-3-4-9(15)6-10/h3-8H,1-2H3,(H,16,17,18). The Morgan fingerprint density at radius 2 is 2.05 bits per heavy atom. The molecule has 0 unspecified atom stereocenters. The van der Waals surface area contributed by atoms with Crippen molar-refractivity contribution in [3.05, 3.63) is 41.3 Å². The van der Waals surface area contributed by atoms with E-state index in [1.54, 1.807) is 12.1 Å². The Labute approximate surface area is 115 Å². The number of halogens is 2. The molecule has 0 saturated heterocycles. The second-order valence-corrected chi connectivity index (χ2v) is 4.54. The van der Waals surface area contributed by atoms with E-state index in [0.717, 1.165) is 0 Å². The average molecular weight is 282 g/mol. The molecule has 0 aliphatic carbocycles. The van der Waals surface area contributed by atoms with Crippen LogP contribution in [0.1, 0.15) is 13.8 Å². The van der Waals surface area contributed by atoms with E-state index in [2.05, 4.69) is 15.3 Å². The lowest BCUT2D eigenvalue weighted by molar-refractivity contribution is 0.232. The van der Waals surface area contributed by atoms with Crippen LogP contribution < -0.4 is 10.1 Å². The van der Waals surface area contributed by atoms with Crippen molar-refractivity contribution < 1.29 is 9.13 Å². The highest BCUT2D eigenvalue weighted by atomic mass is 35.5. The summed E-state index contributed by atoms with van der Waals surface area (Å²) in [5.74, 6) is 0.285. The van der Waals surface area contributed by atoms with Crippen LogP contribution in [0.25, 0.3) is 0 Å². The van der Waals surface area contributed by atoms with Crippen LogP contribution in [0.4, 0.5) is 16.0 Å². The summed E-state index contributed by atoms with van der Waals surface area (Å²) in [5, 5.41) is 3.13. The third-order valence-electron chi connectivity index (χ3n) is 2.11. The van der Waals surface area contributed by atoms with Gasteiger partial charge >= 0.3 is 0 Å². The Kier molecular flexibility index (Phi) is 4.16. The van der Waals surface area contributed by atoms with E-state index in [1.165, 1.54) is 18.2 Å². The summed E-state index contributed by atoms with van der Waals surface area (Å²) in [6.07, 6.45) is -0.0204.